The molecule has 13 aromatic carbocycles. The molecule has 4 heterocycles. The lowest BCUT2D eigenvalue weighted by atomic mass is 9.33. The van der Waals surface area contributed by atoms with E-state index in [1.165, 1.54) is 66.1 Å². The van der Waals surface area contributed by atoms with Gasteiger partial charge in [0.05, 0.1) is 22.4 Å². The van der Waals surface area contributed by atoms with Crippen molar-refractivity contribution < 1.29 is 0 Å². The molecular weight excluding hydrogens is 1360 g/mol. The van der Waals surface area contributed by atoms with Crippen molar-refractivity contribution in [2.24, 2.45) is 0 Å². The molecule has 0 saturated carbocycles. The van der Waals surface area contributed by atoms with Gasteiger partial charge < -0.3 is 14.4 Å². The van der Waals surface area contributed by atoms with Crippen LogP contribution >= 0.6 is 0 Å². The molecule has 554 valence electrons. The summed E-state index contributed by atoms with van der Waals surface area (Å²) >= 11 is 0. The molecular formula is C105H101BN6. The Balaban J connectivity index is 1.06. The number of fused-ring (bicyclic) bond motifs is 7. The third kappa shape index (κ3) is 13.2. The summed E-state index contributed by atoms with van der Waals surface area (Å²) in [7, 11) is 0. The monoisotopic (exact) mass is 1460 g/mol. The number of rotatable bonds is 10. The van der Waals surface area contributed by atoms with Crippen molar-refractivity contribution in [2.75, 3.05) is 9.80 Å². The molecule has 0 fully saturated rings. The summed E-state index contributed by atoms with van der Waals surface area (Å²) < 4.78 is 2.55. The zero-order valence-corrected chi connectivity index (χ0v) is 68.4. The van der Waals surface area contributed by atoms with Gasteiger partial charge in [-0.15, -0.1) is 0 Å². The quantitative estimate of drug-likeness (QED) is 0.128. The molecule has 112 heavy (non-hydrogen) atoms. The molecule has 0 spiro atoms. The van der Waals surface area contributed by atoms with E-state index in [1.807, 2.05) is 0 Å². The molecule has 7 heteroatoms. The van der Waals surface area contributed by atoms with Crippen molar-refractivity contribution in [1.29, 1.82) is 0 Å². The maximum atomic E-state index is 5.77. The second-order valence-corrected chi connectivity index (χ2v) is 37.4. The van der Waals surface area contributed by atoms with Crippen LogP contribution in [0.4, 0.5) is 34.1 Å². The molecule has 2 aliphatic heterocycles. The van der Waals surface area contributed by atoms with E-state index in [4.69, 9.17) is 15.0 Å². The minimum absolute atomic E-state index is 0.0825. The number of nitrogens with zero attached hydrogens (tertiary/aromatic N) is 6. The average Bonchev–Trinajstić information content (AvgIpc) is 0.709. The molecule has 0 aliphatic carbocycles. The highest BCUT2D eigenvalue weighted by Crippen LogP contribution is 2.55. The van der Waals surface area contributed by atoms with Crippen LogP contribution < -0.4 is 26.2 Å². The molecule has 6 nitrogen and oxygen atoms in total. The van der Waals surface area contributed by atoms with Crippen LogP contribution in [0.2, 0.25) is 0 Å². The van der Waals surface area contributed by atoms with Crippen molar-refractivity contribution in [3.05, 3.63) is 318 Å². The first-order valence-corrected chi connectivity index (χ1v) is 40.0. The Hall–Kier alpha value is -11.7. The normalized spacial score (nSPS) is 13.2. The molecule has 0 amide bonds. The number of benzene rings is 13. The van der Waals surface area contributed by atoms with Gasteiger partial charge in [-0.05, 0) is 195 Å². The third-order valence-electron chi connectivity index (χ3n) is 23.3. The summed E-state index contributed by atoms with van der Waals surface area (Å²) in [6, 6.07) is 108. The van der Waals surface area contributed by atoms with Crippen molar-refractivity contribution >= 4 is 79.0 Å². The first-order chi connectivity index (χ1) is 53.3. The third-order valence-corrected chi connectivity index (χ3v) is 23.3. The van der Waals surface area contributed by atoms with E-state index in [9.17, 15) is 0 Å². The van der Waals surface area contributed by atoms with Gasteiger partial charge in [0.25, 0.3) is 6.71 Å². The van der Waals surface area contributed by atoms with Crippen LogP contribution in [0.5, 0.6) is 0 Å². The fourth-order valence-electron chi connectivity index (χ4n) is 16.8. The van der Waals surface area contributed by atoms with Crippen LogP contribution in [-0.2, 0) is 32.5 Å². The van der Waals surface area contributed by atoms with Crippen LogP contribution in [0.3, 0.4) is 0 Å². The number of aromatic nitrogens is 4. The van der Waals surface area contributed by atoms with E-state index in [1.54, 1.807) is 0 Å². The molecule has 2 aromatic heterocycles. The summed E-state index contributed by atoms with van der Waals surface area (Å²) in [6.07, 6.45) is 0. The minimum atomic E-state index is -0.371. The zero-order valence-electron chi connectivity index (χ0n) is 68.4. The molecule has 0 saturated heterocycles. The van der Waals surface area contributed by atoms with E-state index < -0.39 is 0 Å². The summed E-state index contributed by atoms with van der Waals surface area (Å²) in [6.45, 7) is 41.9. The molecule has 0 radical (unpaired) electrons. The van der Waals surface area contributed by atoms with Gasteiger partial charge in [0, 0.05) is 67.0 Å². The van der Waals surface area contributed by atoms with E-state index in [0.717, 1.165) is 106 Å². The highest BCUT2D eigenvalue weighted by Gasteiger charge is 2.46. The van der Waals surface area contributed by atoms with Crippen molar-refractivity contribution in [2.45, 2.75) is 157 Å². The van der Waals surface area contributed by atoms with Crippen LogP contribution in [0.15, 0.2) is 285 Å². The fourth-order valence-corrected chi connectivity index (χ4v) is 16.8. The molecule has 0 N–H and O–H groups in total. The lowest BCUT2D eigenvalue weighted by molar-refractivity contribution is 0.569. The van der Waals surface area contributed by atoms with Crippen molar-refractivity contribution in [3.8, 4) is 84.4 Å². The van der Waals surface area contributed by atoms with Gasteiger partial charge >= 0.3 is 0 Å². The molecule has 2 aliphatic rings. The standard InChI is InChI=1S/C105H101BN6/c1-100(2,3)74-46-52-89-83(59-74)84-60-75(101(4,5)6)47-53-90(84)110(89)80-48-50-87-92(65-80)112(96-82(68-38-28-21-29-39-68)61-78(104(13,14)15)62-85(96)99-108-97(69-40-30-22-31-41-69)107-98(109-99)70-42-32-23-33-43-70)94-64-79(105(16,17)18)63-93-95(94)106(87)86-49-44-72(73-54-76(102(7,8)9)58-77(55-73)103(10,11)12)57-91(86)111(93)88-51-45-71(66-34-24-19-25-35-66)56-81(88)67-36-26-20-27-37-67/h19-65H,1-18H3. The number of hydrogen-bond donors (Lipinski definition) is 0. The van der Waals surface area contributed by atoms with Crippen LogP contribution in [0.1, 0.15) is 158 Å². The van der Waals surface area contributed by atoms with Gasteiger partial charge in [-0.1, -0.05) is 331 Å². The van der Waals surface area contributed by atoms with Gasteiger partial charge in [-0.25, -0.2) is 15.0 Å². The Labute approximate surface area is 664 Å². The van der Waals surface area contributed by atoms with Crippen molar-refractivity contribution in [3.63, 3.8) is 0 Å². The Bertz CT molecular complexity index is 6010. The van der Waals surface area contributed by atoms with Crippen LogP contribution in [0.25, 0.3) is 106 Å². The number of anilines is 6. The van der Waals surface area contributed by atoms with E-state index in [0.29, 0.717) is 17.5 Å². The first kappa shape index (κ1) is 73.2. The van der Waals surface area contributed by atoms with Gasteiger partial charge in [0.2, 0.25) is 0 Å². The Morgan fingerprint density at radius 2 is 0.634 bits per heavy atom. The Kier molecular flexibility index (Phi) is 17.7. The predicted octanol–water partition coefficient (Wildman–Crippen LogP) is 26.5. The summed E-state index contributed by atoms with van der Waals surface area (Å²) in [5.41, 5.74) is 31.8. The van der Waals surface area contributed by atoms with Crippen LogP contribution in [-0.4, -0.2) is 26.2 Å². The zero-order chi connectivity index (χ0) is 78.3. The summed E-state index contributed by atoms with van der Waals surface area (Å²) in [5.74, 6) is 1.77. The number of hydrogen-bond acceptors (Lipinski definition) is 5. The lowest BCUT2D eigenvalue weighted by Crippen LogP contribution is -2.61. The molecule has 0 atom stereocenters. The van der Waals surface area contributed by atoms with Crippen LogP contribution in [0, 0.1) is 0 Å². The highest BCUT2D eigenvalue weighted by atomic mass is 15.2. The molecule has 0 unspecified atom stereocenters. The maximum absolute atomic E-state index is 5.77. The smallest absolute Gasteiger partial charge is 0.252 e. The Morgan fingerprint density at radius 3 is 1.12 bits per heavy atom. The molecule has 17 rings (SSSR count). The fraction of sp³-hybridized carbons (Fsp3) is 0.229. The predicted molar refractivity (Wildman–Crippen MR) is 478 cm³/mol. The van der Waals surface area contributed by atoms with Gasteiger partial charge in [-0.2, -0.15) is 0 Å². The van der Waals surface area contributed by atoms with Gasteiger partial charge in [0.1, 0.15) is 0 Å². The highest BCUT2D eigenvalue weighted by molar-refractivity contribution is 7.00. The largest absolute Gasteiger partial charge is 0.311 e. The average molecular weight is 1460 g/mol. The lowest BCUT2D eigenvalue weighted by Gasteiger charge is -2.46. The molecule has 0 bridgehead atoms. The summed E-state index contributed by atoms with van der Waals surface area (Å²) in [5, 5.41) is 2.48. The van der Waals surface area contributed by atoms with E-state index in [-0.39, 0.29) is 39.2 Å². The second kappa shape index (κ2) is 27.1. The SMILES string of the molecule is CC(C)(C)c1cc(-c2ccc3c(c2)N(c2ccc(-c4ccccc4)cc2-c2ccccc2)c2cc(C(C)(C)C)cc4c2B3c2ccc(-n3c5ccc(C(C)(C)C)cc5c5cc(C(C)(C)C)ccc53)cc2N4c2c(-c3ccccc3)cc(C(C)(C)C)cc2-c2nc(-c3ccccc3)nc(-c3ccccc3)n2)cc(C(C)(C)C)c1. The van der Waals surface area contributed by atoms with Gasteiger partial charge in [-0.3, -0.25) is 0 Å². The summed E-state index contributed by atoms with van der Waals surface area (Å²) in [4.78, 5) is 22.3. The molecule has 15 aromatic rings. The second-order valence-electron chi connectivity index (χ2n) is 37.4. The first-order valence-electron chi connectivity index (χ1n) is 40.0. The van der Waals surface area contributed by atoms with Gasteiger partial charge in [0.15, 0.2) is 17.5 Å². The maximum Gasteiger partial charge on any atom is 0.252 e. The van der Waals surface area contributed by atoms with E-state index in [2.05, 4.69) is 424 Å². The topological polar surface area (TPSA) is 50.1 Å². The van der Waals surface area contributed by atoms with Crippen molar-refractivity contribution in [1.82, 2.24) is 19.5 Å². The van der Waals surface area contributed by atoms with E-state index >= 15 is 0 Å². The minimum Gasteiger partial charge on any atom is -0.311 e. The Morgan fingerprint density at radius 1 is 0.241 bits per heavy atom.